The lowest BCUT2D eigenvalue weighted by molar-refractivity contribution is -0.940. The number of fused-ring (bicyclic) bond motifs is 3. The zero-order valence-corrected chi connectivity index (χ0v) is 20.1. The number of pyridine rings is 1. The van der Waals surface area contributed by atoms with E-state index >= 15 is 0 Å². The van der Waals surface area contributed by atoms with Gasteiger partial charge in [-0.25, -0.2) is 0 Å². The van der Waals surface area contributed by atoms with E-state index in [4.69, 9.17) is 4.74 Å². The van der Waals surface area contributed by atoms with E-state index in [0.717, 1.165) is 49.1 Å². The molecular weight excluding hydrogens is 398 g/mol. The molecule has 0 amide bonds. The summed E-state index contributed by atoms with van der Waals surface area (Å²) in [5, 5.41) is 1.35. The Morgan fingerprint density at radius 2 is 2.06 bits per heavy atom. The predicted octanol–water partition coefficient (Wildman–Crippen LogP) is 4.95. The summed E-state index contributed by atoms with van der Waals surface area (Å²) in [6.45, 7) is 11.4. The maximum atomic E-state index is 12.3. The molecule has 0 saturated heterocycles. The van der Waals surface area contributed by atoms with Gasteiger partial charge in [0.2, 0.25) is 6.73 Å². The lowest BCUT2D eigenvalue weighted by Crippen LogP contribution is -2.49. The summed E-state index contributed by atoms with van der Waals surface area (Å²) in [6, 6.07) is 11.1. The van der Waals surface area contributed by atoms with E-state index in [9.17, 15) is 4.79 Å². The van der Waals surface area contributed by atoms with Crippen LogP contribution in [0.5, 0.6) is 0 Å². The topological polar surface area (TPSA) is 44.1 Å². The highest BCUT2D eigenvalue weighted by Crippen LogP contribution is 2.34. The van der Waals surface area contributed by atoms with Gasteiger partial charge in [-0.2, -0.15) is 0 Å². The van der Waals surface area contributed by atoms with Crippen LogP contribution in [0.3, 0.4) is 0 Å². The highest BCUT2D eigenvalue weighted by Gasteiger charge is 2.34. The molecule has 0 fully saturated rings. The number of benzene rings is 1. The van der Waals surface area contributed by atoms with E-state index in [1.165, 1.54) is 33.3 Å². The molecule has 0 saturated carbocycles. The van der Waals surface area contributed by atoms with Gasteiger partial charge in [0.25, 0.3) is 0 Å². The van der Waals surface area contributed by atoms with Crippen molar-refractivity contribution < 1.29 is 14.0 Å². The molecule has 0 bridgehead atoms. The van der Waals surface area contributed by atoms with Crippen molar-refractivity contribution in [1.29, 1.82) is 0 Å². The first-order valence-corrected chi connectivity index (χ1v) is 11.8. The Hall–Kier alpha value is -2.66. The van der Waals surface area contributed by atoms with Crippen molar-refractivity contribution in [3.8, 4) is 0 Å². The van der Waals surface area contributed by atoms with Crippen molar-refractivity contribution in [3.63, 3.8) is 0 Å². The largest absolute Gasteiger partial charge is 0.415 e. The monoisotopic (exact) mass is 434 g/mol. The zero-order valence-electron chi connectivity index (χ0n) is 20.1. The standard InChI is InChI=1S/C27H36N3O2/c1-6-20(3)27(31)32-18-30(5)14-12-26-24(17-30)23-15-19(2)7-10-25(23)29(26)13-11-22-9-8-21(4)28-16-22/h7-10,15-16,20H,6,11-14,17-18H2,1-5H3/q+1. The molecule has 5 nitrogen and oxygen atoms in total. The third kappa shape index (κ3) is 4.58. The number of rotatable bonds is 7. The Morgan fingerprint density at radius 3 is 2.78 bits per heavy atom. The minimum absolute atomic E-state index is 0.0391. The maximum Gasteiger partial charge on any atom is 0.312 e. The van der Waals surface area contributed by atoms with E-state index < -0.39 is 0 Å². The summed E-state index contributed by atoms with van der Waals surface area (Å²) in [4.78, 5) is 16.7. The van der Waals surface area contributed by atoms with Crippen LogP contribution in [0.1, 0.15) is 48.3 Å². The molecule has 1 aliphatic rings. The first-order valence-electron chi connectivity index (χ1n) is 11.8. The van der Waals surface area contributed by atoms with Crippen molar-refractivity contribution in [2.45, 2.75) is 60.0 Å². The molecule has 2 aromatic heterocycles. The van der Waals surface area contributed by atoms with Crippen LogP contribution in [0.25, 0.3) is 10.9 Å². The van der Waals surface area contributed by atoms with E-state index in [1.54, 1.807) is 0 Å². The molecule has 3 aromatic rings. The first-order chi connectivity index (χ1) is 15.3. The van der Waals surface area contributed by atoms with Crippen molar-refractivity contribution in [3.05, 3.63) is 64.6 Å². The lowest BCUT2D eigenvalue weighted by Gasteiger charge is -2.37. The fraction of sp³-hybridized carbons (Fsp3) is 0.481. The number of likely N-dealkylation sites (N-methyl/N-ethyl adjacent to an activating group) is 1. The summed E-state index contributed by atoms with van der Waals surface area (Å²) >= 11 is 0. The zero-order chi connectivity index (χ0) is 22.9. The van der Waals surface area contributed by atoms with Crippen LogP contribution in [-0.2, 0) is 35.5 Å². The fourth-order valence-electron chi connectivity index (χ4n) is 4.67. The van der Waals surface area contributed by atoms with Gasteiger partial charge in [-0.15, -0.1) is 0 Å². The third-order valence-electron chi connectivity index (χ3n) is 7.00. The second-order valence-corrected chi connectivity index (χ2v) is 9.81. The smallest absolute Gasteiger partial charge is 0.312 e. The molecule has 1 aliphatic heterocycles. The summed E-state index contributed by atoms with van der Waals surface area (Å²) < 4.78 is 8.98. The summed E-state index contributed by atoms with van der Waals surface area (Å²) in [6.07, 6.45) is 4.77. The van der Waals surface area contributed by atoms with Crippen LogP contribution in [-0.4, -0.2) is 40.3 Å². The number of carbonyl (C=O) groups excluding carboxylic acids is 1. The quantitative estimate of drug-likeness (QED) is 0.391. The molecule has 3 heterocycles. The van der Waals surface area contributed by atoms with Gasteiger partial charge in [0.05, 0.1) is 19.5 Å². The van der Waals surface area contributed by atoms with Gasteiger partial charge in [-0.3, -0.25) is 14.3 Å². The molecule has 32 heavy (non-hydrogen) atoms. The lowest BCUT2D eigenvalue weighted by atomic mass is 10.0. The number of quaternary nitrogens is 1. The Balaban J connectivity index is 1.60. The number of hydrogen-bond acceptors (Lipinski definition) is 3. The Labute approximate surface area is 191 Å². The van der Waals surface area contributed by atoms with Crippen LogP contribution in [0.15, 0.2) is 36.5 Å². The van der Waals surface area contributed by atoms with Gasteiger partial charge in [0, 0.05) is 47.0 Å². The van der Waals surface area contributed by atoms with Gasteiger partial charge in [-0.1, -0.05) is 31.5 Å². The van der Waals surface area contributed by atoms with Crippen LogP contribution in [0.4, 0.5) is 0 Å². The maximum absolute atomic E-state index is 12.3. The average Bonchev–Trinajstić information content (AvgIpc) is 3.08. The van der Waals surface area contributed by atoms with Gasteiger partial charge >= 0.3 is 5.97 Å². The highest BCUT2D eigenvalue weighted by molar-refractivity contribution is 5.86. The van der Waals surface area contributed by atoms with Crippen LogP contribution >= 0.6 is 0 Å². The number of carbonyl (C=O) groups is 1. The second-order valence-electron chi connectivity index (χ2n) is 9.81. The minimum atomic E-state index is -0.0809. The summed E-state index contributed by atoms with van der Waals surface area (Å²) in [5.74, 6) is -0.120. The average molecular weight is 435 g/mol. The Bertz CT molecular complexity index is 1120. The van der Waals surface area contributed by atoms with Gasteiger partial charge in [0.15, 0.2) is 0 Å². The molecule has 0 radical (unpaired) electrons. The molecular formula is C27H36N3O2+. The molecule has 4 rings (SSSR count). The van der Waals surface area contributed by atoms with Gasteiger partial charge in [-0.05, 0) is 50.5 Å². The highest BCUT2D eigenvalue weighted by atomic mass is 16.5. The number of nitrogens with zero attached hydrogens (tertiary/aromatic N) is 3. The number of esters is 1. The van der Waals surface area contributed by atoms with E-state index in [0.29, 0.717) is 6.73 Å². The predicted molar refractivity (Wildman–Crippen MR) is 128 cm³/mol. The Morgan fingerprint density at radius 1 is 1.25 bits per heavy atom. The van der Waals surface area contributed by atoms with Gasteiger partial charge in [0.1, 0.15) is 6.54 Å². The van der Waals surface area contributed by atoms with Crippen molar-refractivity contribution in [1.82, 2.24) is 9.55 Å². The van der Waals surface area contributed by atoms with E-state index in [2.05, 4.69) is 53.9 Å². The SMILES string of the molecule is CCC(C)C(=O)OC[N+]1(C)CCc2c(c3cc(C)ccc3n2CCc2ccc(C)nc2)C1. The van der Waals surface area contributed by atoms with E-state index in [-0.39, 0.29) is 11.9 Å². The van der Waals surface area contributed by atoms with Crippen LogP contribution < -0.4 is 0 Å². The molecule has 2 unspecified atom stereocenters. The van der Waals surface area contributed by atoms with Gasteiger partial charge < -0.3 is 9.30 Å². The number of aryl methyl sites for hydroxylation is 4. The Kier molecular flexibility index (Phi) is 6.38. The fourth-order valence-corrected chi connectivity index (χ4v) is 4.67. The number of hydrogen-bond donors (Lipinski definition) is 0. The molecule has 2 atom stereocenters. The first kappa shape index (κ1) is 22.5. The number of ether oxygens (including phenoxy) is 1. The molecule has 5 heteroatoms. The molecule has 0 N–H and O–H groups in total. The second kappa shape index (κ2) is 9.07. The van der Waals surface area contributed by atoms with Crippen LogP contribution in [0, 0.1) is 19.8 Å². The summed E-state index contributed by atoms with van der Waals surface area (Å²) in [7, 11) is 2.21. The number of aromatic nitrogens is 2. The third-order valence-corrected chi connectivity index (χ3v) is 7.00. The summed E-state index contributed by atoms with van der Waals surface area (Å²) in [5.41, 5.74) is 7.77. The van der Waals surface area contributed by atoms with E-state index in [1.807, 2.05) is 27.0 Å². The van der Waals surface area contributed by atoms with Crippen molar-refractivity contribution >= 4 is 16.9 Å². The van der Waals surface area contributed by atoms with Crippen molar-refractivity contribution in [2.75, 3.05) is 20.3 Å². The minimum Gasteiger partial charge on any atom is -0.415 e. The molecule has 170 valence electrons. The molecule has 0 aliphatic carbocycles. The van der Waals surface area contributed by atoms with Crippen LogP contribution in [0.2, 0.25) is 0 Å². The molecule has 1 aromatic carbocycles. The molecule has 0 spiro atoms. The van der Waals surface area contributed by atoms with Crippen molar-refractivity contribution in [2.24, 2.45) is 5.92 Å². The normalized spacial score (nSPS) is 19.0.